The van der Waals surface area contributed by atoms with Crippen molar-refractivity contribution in [3.63, 3.8) is 0 Å². The van der Waals surface area contributed by atoms with E-state index in [1.807, 2.05) is 0 Å². The molecule has 0 aromatic rings. The first kappa shape index (κ1) is 8.85. The van der Waals surface area contributed by atoms with Gasteiger partial charge in [0.05, 0.1) is 6.04 Å². The number of azide groups is 1. The fourth-order valence-corrected chi connectivity index (χ4v) is 2.53. The van der Waals surface area contributed by atoms with Gasteiger partial charge in [0, 0.05) is 9.74 Å². The van der Waals surface area contributed by atoms with E-state index >= 15 is 0 Å². The standard InChI is InChI=1S/C9H10BrN3/c10-7-2-3-8-6(5-7)1-4-9(8)12-13-11/h2-3,7,9H,1,4-5H2/t7-,9+/m0/s1. The normalized spacial score (nSPS) is 31.5. The van der Waals surface area contributed by atoms with Crippen LogP contribution in [-0.4, -0.2) is 10.9 Å². The molecule has 2 aliphatic rings. The maximum Gasteiger partial charge on any atom is 0.0627 e. The molecule has 2 aliphatic carbocycles. The van der Waals surface area contributed by atoms with Crippen molar-refractivity contribution in [2.45, 2.75) is 30.1 Å². The minimum Gasteiger partial charge on any atom is -0.0859 e. The summed E-state index contributed by atoms with van der Waals surface area (Å²) in [5.41, 5.74) is 11.1. The molecule has 13 heavy (non-hydrogen) atoms. The summed E-state index contributed by atoms with van der Waals surface area (Å²) in [6, 6.07) is 0.0937. The van der Waals surface area contributed by atoms with Crippen molar-refractivity contribution in [3.05, 3.63) is 33.7 Å². The lowest BCUT2D eigenvalue weighted by Crippen LogP contribution is -2.05. The Morgan fingerprint density at radius 2 is 2.46 bits per heavy atom. The molecule has 0 bridgehead atoms. The Labute approximate surface area is 85.3 Å². The second-order valence-corrected chi connectivity index (χ2v) is 4.57. The molecule has 0 N–H and O–H groups in total. The van der Waals surface area contributed by atoms with Gasteiger partial charge in [-0.2, -0.15) is 0 Å². The van der Waals surface area contributed by atoms with Crippen LogP contribution in [0.25, 0.3) is 10.4 Å². The average Bonchev–Trinajstić information content (AvgIpc) is 2.49. The quantitative estimate of drug-likeness (QED) is 0.291. The van der Waals surface area contributed by atoms with Crippen molar-refractivity contribution < 1.29 is 0 Å². The van der Waals surface area contributed by atoms with Gasteiger partial charge in [-0.3, -0.25) is 0 Å². The van der Waals surface area contributed by atoms with Gasteiger partial charge in [0.1, 0.15) is 0 Å². The molecule has 0 aromatic carbocycles. The smallest absolute Gasteiger partial charge is 0.0627 e. The number of allylic oxidation sites excluding steroid dienone is 2. The number of hydrogen-bond acceptors (Lipinski definition) is 1. The van der Waals surface area contributed by atoms with Gasteiger partial charge in [-0.25, -0.2) is 0 Å². The molecule has 68 valence electrons. The summed E-state index contributed by atoms with van der Waals surface area (Å²) in [6.45, 7) is 0. The minimum absolute atomic E-state index is 0.0937. The van der Waals surface area contributed by atoms with Crippen LogP contribution in [0.5, 0.6) is 0 Å². The van der Waals surface area contributed by atoms with Crippen LogP contribution in [0.4, 0.5) is 0 Å². The first-order chi connectivity index (χ1) is 6.31. The van der Waals surface area contributed by atoms with Crippen molar-refractivity contribution in [2.24, 2.45) is 5.11 Å². The molecule has 0 saturated carbocycles. The fraction of sp³-hybridized carbons (Fsp3) is 0.556. The summed E-state index contributed by atoms with van der Waals surface area (Å²) >= 11 is 3.56. The molecule has 0 spiro atoms. The lowest BCUT2D eigenvalue weighted by atomic mass is 9.99. The zero-order chi connectivity index (χ0) is 9.26. The van der Waals surface area contributed by atoms with E-state index in [2.05, 4.69) is 38.1 Å². The van der Waals surface area contributed by atoms with E-state index in [4.69, 9.17) is 5.53 Å². The van der Waals surface area contributed by atoms with Gasteiger partial charge in [-0.1, -0.05) is 38.8 Å². The summed E-state index contributed by atoms with van der Waals surface area (Å²) in [5, 5.41) is 3.79. The van der Waals surface area contributed by atoms with Gasteiger partial charge < -0.3 is 0 Å². The van der Waals surface area contributed by atoms with E-state index in [1.165, 1.54) is 11.1 Å². The van der Waals surface area contributed by atoms with E-state index in [0.29, 0.717) is 4.83 Å². The second kappa shape index (κ2) is 3.56. The maximum absolute atomic E-state index is 8.37. The van der Waals surface area contributed by atoms with Crippen molar-refractivity contribution in [3.8, 4) is 0 Å². The van der Waals surface area contributed by atoms with E-state index in [9.17, 15) is 0 Å². The highest BCUT2D eigenvalue weighted by atomic mass is 79.9. The average molecular weight is 240 g/mol. The molecule has 2 atom stereocenters. The number of alkyl halides is 1. The second-order valence-electron chi connectivity index (χ2n) is 3.40. The van der Waals surface area contributed by atoms with Gasteiger partial charge in [0.15, 0.2) is 0 Å². The Balaban J connectivity index is 2.25. The molecule has 0 fully saturated rings. The summed E-state index contributed by atoms with van der Waals surface area (Å²) in [5.74, 6) is 0. The molecule has 3 nitrogen and oxygen atoms in total. The third-order valence-electron chi connectivity index (χ3n) is 2.60. The predicted octanol–water partition coefficient (Wildman–Crippen LogP) is 3.48. The van der Waals surface area contributed by atoms with E-state index in [1.54, 1.807) is 0 Å². The molecule has 0 heterocycles. The van der Waals surface area contributed by atoms with Crippen LogP contribution < -0.4 is 0 Å². The van der Waals surface area contributed by atoms with Crippen LogP contribution in [0.2, 0.25) is 0 Å². The Bertz CT molecular complexity index is 326. The van der Waals surface area contributed by atoms with Gasteiger partial charge in [0.25, 0.3) is 0 Å². The zero-order valence-corrected chi connectivity index (χ0v) is 8.74. The highest BCUT2D eigenvalue weighted by molar-refractivity contribution is 9.09. The Morgan fingerprint density at radius 3 is 3.23 bits per heavy atom. The lowest BCUT2D eigenvalue weighted by Gasteiger charge is -2.14. The fourth-order valence-electron chi connectivity index (χ4n) is 1.99. The molecule has 0 unspecified atom stereocenters. The van der Waals surface area contributed by atoms with Gasteiger partial charge >= 0.3 is 0 Å². The molecule has 0 radical (unpaired) electrons. The maximum atomic E-state index is 8.37. The van der Waals surface area contributed by atoms with E-state index in [0.717, 1.165) is 19.3 Å². The topological polar surface area (TPSA) is 48.8 Å². The molecular weight excluding hydrogens is 230 g/mol. The molecule has 2 rings (SSSR count). The van der Waals surface area contributed by atoms with Crippen molar-refractivity contribution in [2.75, 3.05) is 0 Å². The number of hydrogen-bond donors (Lipinski definition) is 0. The van der Waals surface area contributed by atoms with Gasteiger partial charge in [-0.05, 0) is 30.4 Å². The molecule has 0 amide bonds. The molecule has 0 saturated heterocycles. The van der Waals surface area contributed by atoms with Crippen LogP contribution >= 0.6 is 15.9 Å². The van der Waals surface area contributed by atoms with Crippen molar-refractivity contribution in [1.82, 2.24) is 0 Å². The third kappa shape index (κ3) is 1.64. The van der Waals surface area contributed by atoms with Crippen molar-refractivity contribution >= 4 is 15.9 Å². The largest absolute Gasteiger partial charge is 0.0859 e. The van der Waals surface area contributed by atoms with E-state index in [-0.39, 0.29) is 6.04 Å². The SMILES string of the molecule is [N-]=[N+]=N[C@@H]1CCC2=C1C=C[C@H](Br)C2. The van der Waals surface area contributed by atoms with Gasteiger partial charge in [0.2, 0.25) is 0 Å². The summed E-state index contributed by atoms with van der Waals surface area (Å²) in [6.07, 6.45) is 7.38. The Morgan fingerprint density at radius 1 is 1.62 bits per heavy atom. The number of rotatable bonds is 1. The van der Waals surface area contributed by atoms with Crippen molar-refractivity contribution in [1.29, 1.82) is 0 Å². The summed E-state index contributed by atoms with van der Waals surface area (Å²) < 4.78 is 0. The molecule has 0 aromatic heterocycles. The minimum atomic E-state index is 0.0937. The predicted molar refractivity (Wildman–Crippen MR) is 55.7 cm³/mol. The van der Waals surface area contributed by atoms with Crippen LogP contribution in [0.3, 0.4) is 0 Å². The summed E-state index contributed by atoms with van der Waals surface area (Å²) in [7, 11) is 0. The first-order valence-electron chi connectivity index (χ1n) is 4.39. The van der Waals surface area contributed by atoms with Crippen LogP contribution in [0.1, 0.15) is 19.3 Å². The molecular formula is C9H10BrN3. The molecule has 0 aliphatic heterocycles. The Kier molecular flexibility index (Phi) is 2.42. The van der Waals surface area contributed by atoms with Crippen LogP contribution in [0.15, 0.2) is 28.4 Å². The number of nitrogens with zero attached hydrogens (tertiary/aromatic N) is 3. The Hall–Kier alpha value is -0.730. The monoisotopic (exact) mass is 239 g/mol. The van der Waals surface area contributed by atoms with E-state index < -0.39 is 0 Å². The van der Waals surface area contributed by atoms with Crippen LogP contribution in [0, 0.1) is 0 Å². The van der Waals surface area contributed by atoms with Gasteiger partial charge in [-0.15, -0.1) is 0 Å². The summed E-state index contributed by atoms with van der Waals surface area (Å²) in [4.78, 5) is 3.34. The highest BCUT2D eigenvalue weighted by Crippen LogP contribution is 2.37. The highest BCUT2D eigenvalue weighted by Gasteiger charge is 2.25. The van der Waals surface area contributed by atoms with Crippen LogP contribution in [-0.2, 0) is 0 Å². The number of halogens is 1. The third-order valence-corrected chi connectivity index (χ3v) is 3.23. The lowest BCUT2D eigenvalue weighted by molar-refractivity contribution is 0.751. The molecule has 4 heteroatoms. The first-order valence-corrected chi connectivity index (χ1v) is 5.31. The zero-order valence-electron chi connectivity index (χ0n) is 7.15.